The number of benzene rings is 1. The normalized spacial score (nSPS) is 16.1. The molecule has 2 heterocycles. The van der Waals surface area contributed by atoms with Gasteiger partial charge in [-0.1, -0.05) is 0 Å². The third-order valence-electron chi connectivity index (χ3n) is 3.56. The van der Waals surface area contributed by atoms with Crippen LogP contribution in [0.4, 0.5) is 8.78 Å². The van der Waals surface area contributed by atoms with Crippen molar-refractivity contribution in [2.75, 3.05) is 28.2 Å². The number of alkyl halides is 2. The van der Waals surface area contributed by atoms with Gasteiger partial charge in [-0.05, 0) is 28.2 Å². The molecule has 0 atom stereocenters. The van der Waals surface area contributed by atoms with Crippen LogP contribution in [0.2, 0.25) is 0 Å². The van der Waals surface area contributed by atoms with E-state index in [-0.39, 0.29) is 28.4 Å². The molecule has 2 aromatic rings. The molecule has 0 radical (unpaired) electrons. The molecule has 1 aliphatic rings. The van der Waals surface area contributed by atoms with E-state index < -0.39 is 13.9 Å². The molecule has 0 saturated carbocycles. The lowest BCUT2D eigenvalue weighted by molar-refractivity contribution is -0.286. The fourth-order valence-electron chi connectivity index (χ4n) is 2.56. The van der Waals surface area contributed by atoms with Crippen molar-refractivity contribution >= 4 is 18.6 Å². The van der Waals surface area contributed by atoms with Gasteiger partial charge in [-0.15, -0.1) is 8.78 Å². The van der Waals surface area contributed by atoms with Gasteiger partial charge in [-0.2, -0.15) is 5.26 Å². The largest absolute Gasteiger partial charge is 0.586 e. The van der Waals surface area contributed by atoms with Crippen LogP contribution in [0.25, 0.3) is 11.0 Å². The van der Waals surface area contributed by atoms with Crippen LogP contribution in [0, 0.1) is 11.3 Å². The highest BCUT2D eigenvalue weighted by molar-refractivity contribution is 7.57. The Kier molecular flexibility index (Phi) is 3.57. The maximum Gasteiger partial charge on any atom is 0.586 e. The fourth-order valence-corrected chi connectivity index (χ4v) is 4.77. The van der Waals surface area contributed by atoms with Crippen LogP contribution in [0.1, 0.15) is 5.82 Å². The highest BCUT2D eigenvalue weighted by Gasteiger charge is 2.44. The molecule has 0 amide bonds. The first kappa shape index (κ1) is 16.6. The van der Waals surface area contributed by atoms with Crippen LogP contribution >= 0.6 is 7.59 Å². The number of rotatable bonds is 3. The molecule has 1 aliphatic heterocycles. The lowest BCUT2D eigenvalue weighted by Crippen LogP contribution is -2.26. The van der Waals surface area contributed by atoms with Crippen molar-refractivity contribution in [2.24, 2.45) is 0 Å². The Morgan fingerprint density at radius 2 is 1.75 bits per heavy atom. The van der Waals surface area contributed by atoms with Gasteiger partial charge >= 0.3 is 13.9 Å². The number of imidazole rings is 1. The van der Waals surface area contributed by atoms with Crippen LogP contribution in [-0.2, 0) is 4.57 Å². The summed E-state index contributed by atoms with van der Waals surface area (Å²) < 4.78 is 52.9. The van der Waals surface area contributed by atoms with Gasteiger partial charge in [0.05, 0.1) is 11.0 Å². The first-order valence-corrected chi connectivity index (χ1v) is 8.35. The Morgan fingerprint density at radius 3 is 2.25 bits per heavy atom. The van der Waals surface area contributed by atoms with E-state index in [9.17, 15) is 18.6 Å². The van der Waals surface area contributed by atoms with Crippen LogP contribution in [0.3, 0.4) is 0 Å². The van der Waals surface area contributed by atoms with Gasteiger partial charge in [0, 0.05) is 12.1 Å². The molecule has 11 heteroatoms. The number of hydrogen-bond donors (Lipinski definition) is 0. The highest BCUT2D eigenvalue weighted by atomic mass is 31.2. The zero-order chi connectivity index (χ0) is 17.9. The van der Waals surface area contributed by atoms with Crippen LogP contribution in [0.5, 0.6) is 11.5 Å². The number of halogens is 2. The van der Waals surface area contributed by atoms with Gasteiger partial charge < -0.3 is 9.47 Å². The number of nitrogens with zero attached hydrogens (tertiary/aromatic N) is 5. The van der Waals surface area contributed by atoms with Gasteiger partial charge in [0.1, 0.15) is 6.07 Å². The zero-order valence-corrected chi connectivity index (χ0v) is 14.2. The standard InChI is InChI=1S/C13H14F2N5O3P/c1-18(2)24(21,19(3)4)20-9-6-11-10(22-13(14,15)23-11)5-8(9)17-12(20)7-16/h5-6H,1-4H3. The van der Waals surface area contributed by atoms with Crippen molar-refractivity contribution in [3.05, 3.63) is 18.0 Å². The number of hydrogen-bond acceptors (Lipinski definition) is 5. The molecule has 0 saturated heterocycles. The minimum absolute atomic E-state index is 0.105. The Labute approximate surface area is 136 Å². The van der Waals surface area contributed by atoms with E-state index in [1.807, 2.05) is 6.07 Å². The summed E-state index contributed by atoms with van der Waals surface area (Å²) in [6.07, 6.45) is -3.77. The molecule has 8 nitrogen and oxygen atoms in total. The molecule has 1 aromatic carbocycles. The summed E-state index contributed by atoms with van der Waals surface area (Å²) in [6.45, 7) is 0. The topological polar surface area (TPSA) is 83.6 Å². The zero-order valence-electron chi connectivity index (χ0n) is 13.3. The van der Waals surface area contributed by atoms with E-state index in [0.717, 1.165) is 0 Å². The van der Waals surface area contributed by atoms with Crippen LogP contribution in [-0.4, -0.2) is 53.1 Å². The Morgan fingerprint density at radius 1 is 1.21 bits per heavy atom. The Hall–Kier alpha value is -2.21. The summed E-state index contributed by atoms with van der Waals surface area (Å²) in [6, 6.07) is 4.37. The molecule has 0 bridgehead atoms. The van der Waals surface area contributed by atoms with E-state index in [1.54, 1.807) is 28.2 Å². The number of aromatic nitrogens is 2. The predicted molar refractivity (Wildman–Crippen MR) is 81.0 cm³/mol. The number of ether oxygens (including phenoxy) is 2. The summed E-state index contributed by atoms with van der Waals surface area (Å²) in [5.41, 5.74) is 0.438. The van der Waals surface area contributed by atoms with Crippen molar-refractivity contribution in [3.63, 3.8) is 0 Å². The minimum Gasteiger partial charge on any atom is -0.395 e. The fraction of sp³-hybridized carbons (Fsp3) is 0.385. The van der Waals surface area contributed by atoms with E-state index in [1.165, 1.54) is 25.8 Å². The molecule has 0 fully saturated rings. The smallest absolute Gasteiger partial charge is 0.395 e. The summed E-state index contributed by atoms with van der Waals surface area (Å²) >= 11 is 0. The third kappa shape index (κ3) is 2.24. The van der Waals surface area contributed by atoms with Gasteiger partial charge in [0.15, 0.2) is 11.5 Å². The van der Waals surface area contributed by atoms with E-state index in [2.05, 4.69) is 14.5 Å². The van der Waals surface area contributed by atoms with Crippen molar-refractivity contribution in [1.82, 2.24) is 18.7 Å². The van der Waals surface area contributed by atoms with Gasteiger partial charge in [0.25, 0.3) is 0 Å². The van der Waals surface area contributed by atoms with Gasteiger partial charge in [-0.3, -0.25) is 4.57 Å². The van der Waals surface area contributed by atoms with Crippen molar-refractivity contribution in [3.8, 4) is 17.6 Å². The Bertz CT molecular complexity index is 906. The quantitative estimate of drug-likeness (QED) is 0.780. The molecule has 1 aromatic heterocycles. The molecule has 0 aliphatic carbocycles. The van der Waals surface area contributed by atoms with Crippen molar-refractivity contribution < 1.29 is 22.8 Å². The molecule has 128 valence electrons. The minimum atomic E-state index is -3.77. The number of nitriles is 1. The third-order valence-corrected chi connectivity index (χ3v) is 6.57. The lowest BCUT2D eigenvalue weighted by Gasteiger charge is -2.31. The first-order chi connectivity index (χ1) is 11.1. The van der Waals surface area contributed by atoms with E-state index >= 15 is 0 Å². The van der Waals surface area contributed by atoms with Crippen LogP contribution in [0.15, 0.2) is 12.1 Å². The summed E-state index contributed by atoms with van der Waals surface area (Å²) in [5.74, 6) is -0.500. The summed E-state index contributed by atoms with van der Waals surface area (Å²) in [4.78, 5) is 4.08. The highest BCUT2D eigenvalue weighted by Crippen LogP contribution is 2.54. The second-order valence-corrected chi connectivity index (χ2v) is 8.55. The lowest BCUT2D eigenvalue weighted by atomic mass is 10.3. The first-order valence-electron chi connectivity index (χ1n) is 6.79. The second-order valence-electron chi connectivity index (χ2n) is 5.52. The van der Waals surface area contributed by atoms with Gasteiger partial charge in [-0.25, -0.2) is 18.7 Å². The Balaban J connectivity index is 2.33. The predicted octanol–water partition coefficient (Wildman–Crippen LogP) is 2.31. The molecular formula is C13H14F2N5O3P. The number of fused-ring (bicyclic) bond motifs is 2. The molecule has 0 N–H and O–H groups in total. The monoisotopic (exact) mass is 357 g/mol. The maximum atomic E-state index is 13.5. The molecular weight excluding hydrogens is 343 g/mol. The summed E-state index contributed by atoms with van der Waals surface area (Å²) in [5, 5.41) is 9.37. The maximum absolute atomic E-state index is 13.5. The van der Waals surface area contributed by atoms with Crippen LogP contribution < -0.4 is 9.47 Å². The summed E-state index contributed by atoms with van der Waals surface area (Å²) in [7, 11) is 2.96. The SMILES string of the molecule is CN(C)P(=O)(N(C)C)n1c(C#N)nc2cc3c(cc21)OC(F)(F)O3. The van der Waals surface area contributed by atoms with E-state index in [4.69, 9.17) is 0 Å². The van der Waals surface area contributed by atoms with E-state index in [0.29, 0.717) is 0 Å². The van der Waals surface area contributed by atoms with Gasteiger partial charge in [0.2, 0.25) is 5.82 Å². The van der Waals surface area contributed by atoms with Crippen molar-refractivity contribution in [1.29, 1.82) is 5.26 Å². The molecule has 0 unspecified atom stereocenters. The van der Waals surface area contributed by atoms with Crippen molar-refractivity contribution in [2.45, 2.75) is 6.29 Å². The second kappa shape index (κ2) is 5.14. The molecule has 0 spiro atoms. The average Bonchev–Trinajstić information content (AvgIpc) is 2.97. The molecule has 3 rings (SSSR count). The average molecular weight is 357 g/mol. The molecule has 24 heavy (non-hydrogen) atoms.